The molecule has 0 unspecified atom stereocenters. The highest BCUT2D eigenvalue weighted by atomic mass is 32.2. The number of ether oxygens (including phenoxy) is 1. The number of anilines is 1. The van der Waals surface area contributed by atoms with E-state index < -0.39 is 16.0 Å². The summed E-state index contributed by atoms with van der Waals surface area (Å²) in [6.07, 6.45) is 2.77. The van der Waals surface area contributed by atoms with E-state index in [0.29, 0.717) is 17.7 Å². The minimum atomic E-state index is -3.74. The number of carbonyl (C=O) groups excluding carboxylic acids is 1. The molecule has 0 aromatic heterocycles. The molecule has 0 saturated carbocycles. The molecule has 1 aliphatic rings. The van der Waals surface area contributed by atoms with E-state index in [9.17, 15) is 13.2 Å². The number of benzene rings is 2. The first-order chi connectivity index (χ1) is 11.5. The number of esters is 1. The predicted octanol–water partition coefficient (Wildman–Crippen LogP) is 3.20. The molecule has 0 spiro atoms. The van der Waals surface area contributed by atoms with Gasteiger partial charge in [0.15, 0.2) is 0 Å². The van der Waals surface area contributed by atoms with Crippen LogP contribution in [0.1, 0.15) is 27.9 Å². The van der Waals surface area contributed by atoms with Crippen LogP contribution in [0.4, 0.5) is 5.69 Å². The lowest BCUT2D eigenvalue weighted by Crippen LogP contribution is -2.19. The molecule has 3 rings (SSSR count). The zero-order valence-electron chi connectivity index (χ0n) is 13.2. The van der Waals surface area contributed by atoms with Gasteiger partial charge in [0.2, 0.25) is 0 Å². The molecule has 2 aromatic rings. The molecule has 0 atom stereocenters. The van der Waals surface area contributed by atoms with Crippen LogP contribution in [0.3, 0.4) is 0 Å². The summed E-state index contributed by atoms with van der Waals surface area (Å²) >= 11 is 0. The summed E-state index contributed by atoms with van der Waals surface area (Å²) in [5, 5.41) is 0. The maximum Gasteiger partial charge on any atom is 0.339 e. The Bertz CT molecular complexity index is 916. The number of hydrogen-bond donors (Lipinski definition) is 1. The van der Waals surface area contributed by atoms with Crippen LogP contribution in [-0.2, 0) is 21.2 Å². The van der Waals surface area contributed by atoms with Gasteiger partial charge in [-0.3, -0.25) is 4.72 Å². The van der Waals surface area contributed by atoms with Crippen molar-refractivity contribution in [3.05, 3.63) is 70.1 Å². The Morgan fingerprint density at radius 2 is 1.75 bits per heavy atom. The second-order valence-electron chi connectivity index (χ2n) is 5.45. The molecule has 0 radical (unpaired) electrons. The van der Waals surface area contributed by atoms with Gasteiger partial charge in [-0.05, 0) is 42.2 Å². The number of carbonyl (C=O) groups is 1. The lowest BCUT2D eigenvalue weighted by Gasteiger charge is -2.18. The molecule has 0 bridgehead atoms. The van der Waals surface area contributed by atoms with Crippen LogP contribution < -0.4 is 4.72 Å². The molecule has 124 valence electrons. The van der Waals surface area contributed by atoms with Gasteiger partial charge in [-0.25, -0.2) is 13.2 Å². The first kappa shape index (κ1) is 16.3. The quantitative estimate of drug-likeness (QED) is 0.865. The van der Waals surface area contributed by atoms with Crippen LogP contribution in [0.5, 0.6) is 0 Å². The van der Waals surface area contributed by atoms with Crippen molar-refractivity contribution < 1.29 is 17.9 Å². The molecule has 1 N–H and O–H groups in total. The van der Waals surface area contributed by atoms with Crippen molar-refractivity contribution >= 4 is 27.8 Å². The zero-order chi connectivity index (χ0) is 17.2. The van der Waals surface area contributed by atoms with E-state index in [1.165, 1.54) is 13.2 Å². The standard InChI is InChI=1S/C18H17NO4S/c1-23-18(20)16-8-4-5-9-17(16)19-24(21,22)15-11-10-13-6-2-3-7-14(13)12-15/h2-9,12,19H,10-11H2,1H3. The van der Waals surface area contributed by atoms with Gasteiger partial charge < -0.3 is 4.74 Å². The molecular formula is C18H17NO4S. The monoisotopic (exact) mass is 343 g/mol. The van der Waals surface area contributed by atoms with Crippen molar-refractivity contribution in [1.29, 1.82) is 0 Å². The highest BCUT2D eigenvalue weighted by Gasteiger charge is 2.23. The van der Waals surface area contributed by atoms with E-state index in [1.807, 2.05) is 24.3 Å². The second kappa shape index (κ2) is 6.49. The zero-order valence-corrected chi connectivity index (χ0v) is 14.0. The van der Waals surface area contributed by atoms with Crippen LogP contribution in [0.2, 0.25) is 0 Å². The van der Waals surface area contributed by atoms with Crippen molar-refractivity contribution in [2.75, 3.05) is 11.8 Å². The molecule has 2 aromatic carbocycles. The molecule has 5 nitrogen and oxygen atoms in total. The number of allylic oxidation sites excluding steroid dienone is 1. The topological polar surface area (TPSA) is 72.5 Å². The van der Waals surface area contributed by atoms with Crippen LogP contribution >= 0.6 is 0 Å². The molecular weight excluding hydrogens is 326 g/mol. The maximum absolute atomic E-state index is 12.7. The van der Waals surface area contributed by atoms with Crippen molar-refractivity contribution in [3.63, 3.8) is 0 Å². The van der Waals surface area contributed by atoms with Crippen LogP contribution in [0.15, 0.2) is 53.4 Å². The average Bonchev–Trinajstić information content (AvgIpc) is 2.60. The molecule has 6 heteroatoms. The Morgan fingerprint density at radius 1 is 1.04 bits per heavy atom. The van der Waals surface area contributed by atoms with Gasteiger partial charge in [-0.15, -0.1) is 0 Å². The SMILES string of the molecule is COC(=O)c1ccccc1NS(=O)(=O)C1=Cc2ccccc2CC1. The Labute approximate surface area is 141 Å². The van der Waals surface area contributed by atoms with Gasteiger partial charge in [0.1, 0.15) is 0 Å². The van der Waals surface area contributed by atoms with E-state index in [2.05, 4.69) is 4.72 Å². The first-order valence-corrected chi connectivity index (χ1v) is 8.98. The van der Waals surface area contributed by atoms with Gasteiger partial charge >= 0.3 is 5.97 Å². The third-order valence-corrected chi connectivity index (χ3v) is 5.44. The maximum atomic E-state index is 12.7. The normalized spacial score (nSPS) is 13.6. The smallest absolute Gasteiger partial charge is 0.339 e. The number of hydrogen-bond acceptors (Lipinski definition) is 4. The van der Waals surface area contributed by atoms with E-state index in [4.69, 9.17) is 4.74 Å². The lowest BCUT2D eigenvalue weighted by atomic mass is 9.98. The van der Waals surface area contributed by atoms with Crippen molar-refractivity contribution in [2.45, 2.75) is 12.8 Å². The van der Waals surface area contributed by atoms with E-state index in [-0.39, 0.29) is 11.3 Å². The number of rotatable bonds is 4. The van der Waals surface area contributed by atoms with Gasteiger partial charge in [0.05, 0.1) is 23.3 Å². The minimum absolute atomic E-state index is 0.181. The van der Waals surface area contributed by atoms with Crippen LogP contribution in [0, 0.1) is 0 Å². The van der Waals surface area contributed by atoms with Gasteiger partial charge in [-0.1, -0.05) is 36.4 Å². The highest BCUT2D eigenvalue weighted by molar-refractivity contribution is 7.96. The van der Waals surface area contributed by atoms with E-state index in [1.54, 1.807) is 24.3 Å². The number of fused-ring (bicyclic) bond motifs is 1. The third kappa shape index (κ3) is 3.19. The molecule has 0 aliphatic heterocycles. The van der Waals surface area contributed by atoms with E-state index >= 15 is 0 Å². The molecule has 0 saturated heterocycles. The first-order valence-electron chi connectivity index (χ1n) is 7.50. The van der Waals surface area contributed by atoms with Gasteiger partial charge in [0, 0.05) is 0 Å². The fraction of sp³-hybridized carbons (Fsp3) is 0.167. The number of sulfonamides is 1. The Balaban J connectivity index is 1.94. The van der Waals surface area contributed by atoms with Crippen LogP contribution in [0.25, 0.3) is 6.08 Å². The Hall–Kier alpha value is -2.60. The van der Waals surface area contributed by atoms with Gasteiger partial charge in [0.25, 0.3) is 10.0 Å². The van der Waals surface area contributed by atoms with Crippen molar-refractivity contribution in [3.8, 4) is 0 Å². The van der Waals surface area contributed by atoms with Crippen LogP contribution in [-0.4, -0.2) is 21.5 Å². The summed E-state index contributed by atoms with van der Waals surface area (Å²) < 4.78 is 32.6. The Morgan fingerprint density at radius 3 is 2.54 bits per heavy atom. The summed E-state index contributed by atoms with van der Waals surface area (Å²) in [5.41, 5.74) is 2.43. The Kier molecular flexibility index (Phi) is 4.40. The average molecular weight is 343 g/mol. The number of methoxy groups -OCH3 is 1. The molecule has 0 heterocycles. The molecule has 24 heavy (non-hydrogen) atoms. The minimum Gasteiger partial charge on any atom is -0.465 e. The number of aryl methyl sites for hydroxylation is 1. The summed E-state index contributed by atoms with van der Waals surface area (Å²) in [5.74, 6) is -0.587. The number of para-hydroxylation sites is 1. The molecule has 0 amide bonds. The van der Waals surface area contributed by atoms with Crippen molar-refractivity contribution in [1.82, 2.24) is 0 Å². The fourth-order valence-electron chi connectivity index (χ4n) is 2.69. The second-order valence-corrected chi connectivity index (χ2v) is 7.19. The van der Waals surface area contributed by atoms with Gasteiger partial charge in [-0.2, -0.15) is 0 Å². The summed E-state index contributed by atoms with van der Waals surface area (Å²) in [7, 11) is -2.48. The largest absolute Gasteiger partial charge is 0.465 e. The van der Waals surface area contributed by atoms with Crippen molar-refractivity contribution in [2.24, 2.45) is 0 Å². The predicted molar refractivity (Wildman–Crippen MR) is 93.1 cm³/mol. The molecule has 1 aliphatic carbocycles. The van der Waals surface area contributed by atoms with E-state index in [0.717, 1.165) is 11.1 Å². The summed E-state index contributed by atoms with van der Waals surface area (Å²) in [6, 6.07) is 14.1. The third-order valence-electron chi connectivity index (χ3n) is 3.93. The number of nitrogens with one attached hydrogen (secondary N) is 1. The lowest BCUT2D eigenvalue weighted by molar-refractivity contribution is 0.0602. The molecule has 0 fully saturated rings. The summed E-state index contributed by atoms with van der Waals surface area (Å²) in [4.78, 5) is 12.1. The highest BCUT2D eigenvalue weighted by Crippen LogP contribution is 2.29. The fourth-order valence-corrected chi connectivity index (χ4v) is 3.94. The summed E-state index contributed by atoms with van der Waals surface area (Å²) in [6.45, 7) is 0.